The van der Waals surface area contributed by atoms with Crippen LogP contribution >= 0.6 is 0 Å². The van der Waals surface area contributed by atoms with Crippen molar-refractivity contribution in [3.05, 3.63) is 29.3 Å². The van der Waals surface area contributed by atoms with Gasteiger partial charge in [-0.3, -0.25) is 0 Å². The molecule has 1 saturated carbocycles. The van der Waals surface area contributed by atoms with E-state index in [9.17, 15) is 5.26 Å². The summed E-state index contributed by atoms with van der Waals surface area (Å²) < 4.78 is 0. The molecule has 1 aliphatic carbocycles. The van der Waals surface area contributed by atoms with Gasteiger partial charge in [0, 0.05) is 6.54 Å². The molecular weight excluding hydrogens is 244 g/mol. The average molecular weight is 270 g/mol. The molecule has 1 N–H and O–H groups in total. The molecule has 1 aromatic rings. The van der Waals surface area contributed by atoms with E-state index in [1.807, 2.05) is 12.1 Å². The lowest BCUT2D eigenvalue weighted by atomic mass is 9.78. The van der Waals surface area contributed by atoms with Gasteiger partial charge < -0.3 is 5.32 Å². The van der Waals surface area contributed by atoms with Crippen molar-refractivity contribution in [2.24, 2.45) is 11.3 Å². The monoisotopic (exact) mass is 270 g/mol. The molecule has 0 saturated heterocycles. The van der Waals surface area contributed by atoms with Crippen LogP contribution in [0.25, 0.3) is 0 Å². The SMILES string of the molecule is Cc1ccc(C#N)c(NCC2(CC(C)C)CCCC2)c1. The molecule has 2 nitrogen and oxygen atoms in total. The Bertz CT molecular complexity index is 491. The number of aryl methyl sites for hydroxylation is 1. The van der Waals surface area contributed by atoms with Gasteiger partial charge >= 0.3 is 0 Å². The quantitative estimate of drug-likeness (QED) is 0.827. The molecule has 2 heteroatoms. The van der Waals surface area contributed by atoms with Gasteiger partial charge in [-0.05, 0) is 55.2 Å². The van der Waals surface area contributed by atoms with Crippen LogP contribution in [0.15, 0.2) is 18.2 Å². The highest BCUT2D eigenvalue weighted by Gasteiger charge is 2.34. The molecule has 0 atom stereocenters. The second-order valence-electron chi connectivity index (χ2n) is 6.82. The number of anilines is 1. The zero-order chi connectivity index (χ0) is 14.6. The van der Waals surface area contributed by atoms with E-state index < -0.39 is 0 Å². The van der Waals surface area contributed by atoms with Gasteiger partial charge in [-0.1, -0.05) is 32.8 Å². The minimum Gasteiger partial charge on any atom is -0.383 e. The Balaban J connectivity index is 2.10. The first kappa shape index (κ1) is 14.9. The van der Waals surface area contributed by atoms with Crippen molar-refractivity contribution in [1.82, 2.24) is 0 Å². The summed E-state index contributed by atoms with van der Waals surface area (Å²) in [6, 6.07) is 8.30. The van der Waals surface area contributed by atoms with Crippen molar-refractivity contribution in [3.63, 3.8) is 0 Å². The Labute approximate surface area is 123 Å². The van der Waals surface area contributed by atoms with Crippen LogP contribution in [0.5, 0.6) is 0 Å². The molecule has 20 heavy (non-hydrogen) atoms. The molecule has 108 valence electrons. The normalized spacial score (nSPS) is 17.1. The maximum absolute atomic E-state index is 9.22. The Kier molecular flexibility index (Phi) is 4.70. The summed E-state index contributed by atoms with van der Waals surface area (Å²) in [5.41, 5.74) is 3.40. The van der Waals surface area contributed by atoms with Crippen LogP contribution in [0.4, 0.5) is 5.69 Å². The Hall–Kier alpha value is -1.49. The van der Waals surface area contributed by atoms with E-state index in [0.717, 1.165) is 23.7 Å². The second-order valence-corrected chi connectivity index (χ2v) is 6.82. The second kappa shape index (κ2) is 6.31. The first-order valence-electron chi connectivity index (χ1n) is 7.79. The molecule has 0 amide bonds. The molecule has 0 bridgehead atoms. The Morgan fingerprint density at radius 2 is 2.00 bits per heavy atom. The molecule has 0 aromatic heterocycles. The predicted molar refractivity (Wildman–Crippen MR) is 84.7 cm³/mol. The fraction of sp³-hybridized carbons (Fsp3) is 0.611. The molecule has 1 aliphatic rings. The molecule has 2 rings (SSSR count). The van der Waals surface area contributed by atoms with Gasteiger partial charge in [0.25, 0.3) is 0 Å². The number of nitrogens with one attached hydrogen (secondary N) is 1. The molecular formula is C18H26N2. The van der Waals surface area contributed by atoms with Crippen molar-refractivity contribution in [2.45, 2.75) is 52.9 Å². The standard InChI is InChI=1S/C18H26N2/c1-14(2)11-18(8-4-5-9-18)13-20-17-10-15(3)6-7-16(17)12-19/h6-7,10,14,20H,4-5,8-9,11,13H2,1-3H3. The lowest BCUT2D eigenvalue weighted by Crippen LogP contribution is -2.28. The molecule has 0 spiro atoms. The summed E-state index contributed by atoms with van der Waals surface area (Å²) in [5.74, 6) is 0.739. The summed E-state index contributed by atoms with van der Waals surface area (Å²) in [4.78, 5) is 0. The van der Waals surface area contributed by atoms with Gasteiger partial charge in [0.05, 0.1) is 11.3 Å². The van der Waals surface area contributed by atoms with E-state index in [4.69, 9.17) is 0 Å². The average Bonchev–Trinajstić information content (AvgIpc) is 2.84. The number of nitriles is 1. The Morgan fingerprint density at radius 1 is 1.30 bits per heavy atom. The summed E-state index contributed by atoms with van der Waals surface area (Å²) >= 11 is 0. The first-order chi connectivity index (χ1) is 9.54. The predicted octanol–water partition coefficient (Wildman–Crippen LogP) is 4.89. The van der Waals surface area contributed by atoms with E-state index in [1.165, 1.54) is 37.7 Å². The maximum atomic E-state index is 9.22. The van der Waals surface area contributed by atoms with Gasteiger partial charge in [0.15, 0.2) is 0 Å². The fourth-order valence-corrected chi connectivity index (χ4v) is 3.63. The van der Waals surface area contributed by atoms with Gasteiger partial charge in [-0.25, -0.2) is 0 Å². The van der Waals surface area contributed by atoms with E-state index in [0.29, 0.717) is 5.41 Å². The number of hydrogen-bond donors (Lipinski definition) is 1. The van der Waals surface area contributed by atoms with Gasteiger partial charge in [0.2, 0.25) is 0 Å². The summed E-state index contributed by atoms with van der Waals surface area (Å²) in [5, 5.41) is 12.8. The van der Waals surface area contributed by atoms with Crippen LogP contribution in [0.1, 0.15) is 57.1 Å². The van der Waals surface area contributed by atoms with Crippen LogP contribution in [-0.2, 0) is 0 Å². The third-order valence-electron chi connectivity index (χ3n) is 4.45. The zero-order valence-electron chi connectivity index (χ0n) is 13.0. The first-order valence-corrected chi connectivity index (χ1v) is 7.79. The van der Waals surface area contributed by atoms with Gasteiger partial charge in [-0.2, -0.15) is 5.26 Å². The van der Waals surface area contributed by atoms with Gasteiger partial charge in [-0.15, -0.1) is 0 Å². The fourth-order valence-electron chi connectivity index (χ4n) is 3.63. The van der Waals surface area contributed by atoms with Crippen LogP contribution in [0.3, 0.4) is 0 Å². The van der Waals surface area contributed by atoms with E-state index in [-0.39, 0.29) is 0 Å². The third kappa shape index (κ3) is 3.54. The highest BCUT2D eigenvalue weighted by molar-refractivity contribution is 5.58. The van der Waals surface area contributed by atoms with Crippen LogP contribution < -0.4 is 5.32 Å². The smallest absolute Gasteiger partial charge is 0.101 e. The Morgan fingerprint density at radius 3 is 2.60 bits per heavy atom. The molecule has 0 unspecified atom stereocenters. The molecule has 0 heterocycles. The van der Waals surface area contributed by atoms with Crippen molar-refractivity contribution in [1.29, 1.82) is 5.26 Å². The summed E-state index contributed by atoms with van der Waals surface area (Å²) in [7, 11) is 0. The zero-order valence-corrected chi connectivity index (χ0v) is 13.0. The largest absolute Gasteiger partial charge is 0.383 e. The number of benzene rings is 1. The molecule has 1 aromatic carbocycles. The minimum atomic E-state index is 0.435. The van der Waals surface area contributed by atoms with E-state index in [1.54, 1.807) is 0 Å². The van der Waals surface area contributed by atoms with Crippen molar-refractivity contribution in [2.75, 3.05) is 11.9 Å². The van der Waals surface area contributed by atoms with Crippen molar-refractivity contribution in [3.8, 4) is 6.07 Å². The highest BCUT2D eigenvalue weighted by Crippen LogP contribution is 2.43. The summed E-state index contributed by atoms with van der Waals surface area (Å²) in [6.45, 7) is 7.70. The third-order valence-corrected chi connectivity index (χ3v) is 4.45. The number of rotatable bonds is 5. The lowest BCUT2D eigenvalue weighted by Gasteiger charge is -2.31. The van der Waals surface area contributed by atoms with E-state index in [2.05, 4.69) is 38.2 Å². The van der Waals surface area contributed by atoms with Crippen LogP contribution in [0, 0.1) is 29.6 Å². The highest BCUT2D eigenvalue weighted by atomic mass is 14.9. The van der Waals surface area contributed by atoms with Crippen LogP contribution in [0.2, 0.25) is 0 Å². The summed E-state index contributed by atoms with van der Waals surface area (Å²) in [6.07, 6.45) is 6.64. The minimum absolute atomic E-state index is 0.435. The molecule has 0 radical (unpaired) electrons. The van der Waals surface area contributed by atoms with Crippen molar-refractivity contribution < 1.29 is 0 Å². The van der Waals surface area contributed by atoms with Crippen molar-refractivity contribution >= 4 is 5.69 Å². The van der Waals surface area contributed by atoms with E-state index >= 15 is 0 Å². The number of hydrogen-bond acceptors (Lipinski definition) is 2. The maximum Gasteiger partial charge on any atom is 0.101 e. The van der Waals surface area contributed by atoms with Gasteiger partial charge in [0.1, 0.15) is 6.07 Å². The number of nitrogens with zero attached hydrogens (tertiary/aromatic N) is 1. The molecule has 1 fully saturated rings. The lowest BCUT2D eigenvalue weighted by molar-refractivity contribution is 0.252. The molecule has 0 aliphatic heterocycles. The topological polar surface area (TPSA) is 35.8 Å². The van der Waals surface area contributed by atoms with Crippen LogP contribution in [-0.4, -0.2) is 6.54 Å².